The number of halogens is 2. The fraction of sp³-hybridized carbons (Fsp3) is 0.167. The van der Waals surface area contributed by atoms with Gasteiger partial charge in [0.15, 0.2) is 0 Å². The summed E-state index contributed by atoms with van der Waals surface area (Å²) in [6, 6.07) is 22.1. The Hall–Kier alpha value is -3.87. The zero-order chi connectivity index (χ0) is 27.2. The fourth-order valence-corrected chi connectivity index (χ4v) is 4.60. The lowest BCUT2D eigenvalue weighted by Crippen LogP contribution is -2.25. The molecule has 8 heteroatoms. The van der Waals surface area contributed by atoms with Gasteiger partial charge in [0, 0.05) is 27.9 Å². The summed E-state index contributed by atoms with van der Waals surface area (Å²) in [5.74, 6) is -1.14. The highest BCUT2D eigenvalue weighted by Gasteiger charge is 2.25. The molecule has 1 amide bonds. The van der Waals surface area contributed by atoms with Gasteiger partial charge in [0.05, 0.1) is 12.2 Å². The Balaban J connectivity index is 1.52. The van der Waals surface area contributed by atoms with E-state index < -0.39 is 18.0 Å². The van der Waals surface area contributed by atoms with Crippen LogP contribution >= 0.6 is 23.2 Å². The number of anilines is 1. The normalized spacial score (nSPS) is 11.9. The summed E-state index contributed by atoms with van der Waals surface area (Å²) in [4.78, 5) is 26.1. The van der Waals surface area contributed by atoms with E-state index in [9.17, 15) is 9.59 Å². The maximum absolute atomic E-state index is 13.2. The first-order valence-corrected chi connectivity index (χ1v) is 12.8. The predicted octanol–water partition coefficient (Wildman–Crippen LogP) is 7.10. The van der Waals surface area contributed by atoms with Crippen molar-refractivity contribution in [2.45, 2.75) is 33.4 Å². The Labute approximate surface area is 231 Å². The van der Waals surface area contributed by atoms with Crippen molar-refractivity contribution < 1.29 is 14.3 Å². The average molecular weight is 548 g/mol. The van der Waals surface area contributed by atoms with E-state index in [4.69, 9.17) is 27.9 Å². The van der Waals surface area contributed by atoms with Crippen molar-refractivity contribution in [2.24, 2.45) is 0 Å². The van der Waals surface area contributed by atoms with Crippen molar-refractivity contribution in [1.29, 1.82) is 0 Å². The van der Waals surface area contributed by atoms with Crippen molar-refractivity contribution in [3.8, 4) is 0 Å². The summed E-state index contributed by atoms with van der Waals surface area (Å²) in [6.07, 6.45) is 1.64. The molecule has 6 nitrogen and oxygen atoms in total. The maximum Gasteiger partial charge on any atom is 0.331 e. The van der Waals surface area contributed by atoms with Gasteiger partial charge in [-0.2, -0.15) is 5.10 Å². The number of hydrogen-bond acceptors (Lipinski definition) is 4. The zero-order valence-electron chi connectivity index (χ0n) is 21.2. The van der Waals surface area contributed by atoms with Crippen LogP contribution in [0.4, 0.5) is 5.69 Å². The van der Waals surface area contributed by atoms with E-state index in [1.807, 2.05) is 56.3 Å². The van der Waals surface area contributed by atoms with Gasteiger partial charge in [-0.15, -0.1) is 0 Å². The van der Waals surface area contributed by atoms with Crippen LogP contribution in [0.3, 0.4) is 0 Å². The van der Waals surface area contributed by atoms with Gasteiger partial charge in [-0.25, -0.2) is 9.48 Å². The molecule has 0 radical (unpaired) electrons. The van der Waals surface area contributed by atoms with Gasteiger partial charge in [0.25, 0.3) is 5.91 Å². The van der Waals surface area contributed by atoms with E-state index in [0.717, 1.165) is 16.7 Å². The Morgan fingerprint density at radius 3 is 2.32 bits per heavy atom. The lowest BCUT2D eigenvalue weighted by molar-refractivity contribution is -0.149. The van der Waals surface area contributed by atoms with Gasteiger partial charge in [0.1, 0.15) is 5.15 Å². The first-order chi connectivity index (χ1) is 18.2. The van der Waals surface area contributed by atoms with Gasteiger partial charge in [-0.05, 0) is 61.7 Å². The third kappa shape index (κ3) is 6.71. The van der Waals surface area contributed by atoms with E-state index >= 15 is 0 Å². The van der Waals surface area contributed by atoms with Crippen LogP contribution in [0.1, 0.15) is 39.6 Å². The molecule has 4 rings (SSSR count). The average Bonchev–Trinajstić information content (AvgIpc) is 3.14. The number of benzene rings is 3. The second-order valence-electron chi connectivity index (χ2n) is 8.97. The molecule has 1 N–H and O–H groups in total. The van der Waals surface area contributed by atoms with Gasteiger partial charge in [-0.1, -0.05) is 77.8 Å². The first kappa shape index (κ1) is 27.2. The lowest BCUT2D eigenvalue weighted by Gasteiger charge is -2.18. The number of esters is 1. The van der Waals surface area contributed by atoms with Crippen LogP contribution in [0.15, 0.2) is 78.9 Å². The lowest BCUT2D eigenvalue weighted by atomic mass is 10.1. The number of nitrogens with one attached hydrogen (secondary N) is 1. The number of carbonyl (C=O) groups is 2. The number of amides is 1. The van der Waals surface area contributed by atoms with Crippen molar-refractivity contribution in [3.63, 3.8) is 0 Å². The third-order valence-corrected chi connectivity index (χ3v) is 6.60. The molecule has 0 aliphatic carbocycles. The highest BCUT2D eigenvalue weighted by Crippen LogP contribution is 2.25. The minimum atomic E-state index is -1.14. The van der Waals surface area contributed by atoms with Crippen molar-refractivity contribution in [1.82, 2.24) is 9.78 Å². The number of rotatable bonds is 8. The topological polar surface area (TPSA) is 73.2 Å². The molecule has 194 valence electrons. The van der Waals surface area contributed by atoms with Gasteiger partial charge >= 0.3 is 5.97 Å². The molecule has 1 unspecified atom stereocenters. The van der Waals surface area contributed by atoms with Crippen LogP contribution in [-0.2, 0) is 20.9 Å². The molecule has 3 aromatic carbocycles. The smallest absolute Gasteiger partial charge is 0.331 e. The first-order valence-electron chi connectivity index (χ1n) is 12.0. The number of carbonyl (C=O) groups excluding carboxylic acids is 2. The largest absolute Gasteiger partial charge is 0.444 e. The molecule has 4 aromatic rings. The SMILES string of the molecule is Cc1cc(C)cc(NC(=O)C(OC(=O)C=Cc2c(C)nn(Cc3ccccc3Cl)c2Cl)c2ccccc2)c1. The summed E-state index contributed by atoms with van der Waals surface area (Å²) in [5, 5.41) is 8.32. The summed E-state index contributed by atoms with van der Waals surface area (Å²) in [6.45, 7) is 6.08. The number of hydrogen-bond donors (Lipinski definition) is 1. The Bertz CT molecular complexity index is 1480. The number of aryl methyl sites for hydroxylation is 3. The van der Waals surface area contributed by atoms with Gasteiger partial charge < -0.3 is 10.1 Å². The molecule has 0 saturated carbocycles. The Kier molecular flexibility index (Phi) is 8.66. The summed E-state index contributed by atoms with van der Waals surface area (Å²) in [7, 11) is 0. The monoisotopic (exact) mass is 547 g/mol. The Morgan fingerprint density at radius 1 is 0.974 bits per heavy atom. The molecule has 38 heavy (non-hydrogen) atoms. The van der Waals surface area contributed by atoms with E-state index in [1.165, 1.54) is 6.08 Å². The second kappa shape index (κ2) is 12.1. The number of aromatic nitrogens is 2. The minimum Gasteiger partial charge on any atom is -0.444 e. The van der Waals surface area contributed by atoms with E-state index in [0.29, 0.717) is 39.2 Å². The predicted molar refractivity (Wildman–Crippen MR) is 151 cm³/mol. The molecule has 0 saturated heterocycles. The zero-order valence-corrected chi connectivity index (χ0v) is 22.8. The van der Waals surface area contributed by atoms with Crippen LogP contribution in [-0.4, -0.2) is 21.7 Å². The summed E-state index contributed by atoms with van der Waals surface area (Å²) >= 11 is 12.8. The van der Waals surface area contributed by atoms with Crippen LogP contribution < -0.4 is 5.32 Å². The van der Waals surface area contributed by atoms with Crippen molar-refractivity contribution in [3.05, 3.63) is 123 Å². The maximum atomic E-state index is 13.2. The van der Waals surface area contributed by atoms with Crippen LogP contribution in [0.2, 0.25) is 10.2 Å². The molecule has 0 aliphatic rings. The van der Waals surface area contributed by atoms with Gasteiger partial charge in [0.2, 0.25) is 6.10 Å². The summed E-state index contributed by atoms with van der Waals surface area (Å²) in [5.41, 5.74) is 5.29. The van der Waals surface area contributed by atoms with Crippen LogP contribution in [0, 0.1) is 20.8 Å². The quantitative estimate of drug-likeness (QED) is 0.188. The van der Waals surface area contributed by atoms with Crippen LogP contribution in [0.25, 0.3) is 6.08 Å². The second-order valence-corrected chi connectivity index (χ2v) is 9.73. The van der Waals surface area contributed by atoms with E-state index in [-0.39, 0.29) is 0 Å². The fourth-order valence-electron chi connectivity index (χ4n) is 4.11. The standard InChI is InChI=1S/C30H27Cl2N3O3/c1-19-15-20(2)17-24(16-19)33-30(37)28(22-9-5-4-6-10-22)38-27(36)14-13-25-21(3)34-35(29(25)32)18-23-11-7-8-12-26(23)31/h4-17,28H,18H2,1-3H3,(H,33,37). The Morgan fingerprint density at radius 2 is 1.63 bits per heavy atom. The van der Waals surface area contributed by atoms with Crippen LogP contribution in [0.5, 0.6) is 0 Å². The number of ether oxygens (including phenoxy) is 1. The van der Waals surface area contributed by atoms with Crippen molar-refractivity contribution in [2.75, 3.05) is 5.32 Å². The third-order valence-electron chi connectivity index (χ3n) is 5.84. The molecular weight excluding hydrogens is 521 g/mol. The molecule has 1 atom stereocenters. The molecule has 0 bridgehead atoms. The molecule has 0 fully saturated rings. The molecule has 1 heterocycles. The molecule has 0 spiro atoms. The number of nitrogens with zero attached hydrogens (tertiary/aromatic N) is 2. The highest BCUT2D eigenvalue weighted by atomic mass is 35.5. The van der Waals surface area contributed by atoms with Crippen molar-refractivity contribution >= 4 is 46.8 Å². The van der Waals surface area contributed by atoms with E-state index in [1.54, 1.807) is 48.0 Å². The van der Waals surface area contributed by atoms with Gasteiger partial charge in [-0.3, -0.25) is 4.79 Å². The van der Waals surface area contributed by atoms with E-state index in [2.05, 4.69) is 10.4 Å². The molecule has 0 aliphatic heterocycles. The minimum absolute atomic E-state index is 0.360. The molecule has 1 aromatic heterocycles. The highest BCUT2D eigenvalue weighted by molar-refractivity contribution is 6.32. The summed E-state index contributed by atoms with van der Waals surface area (Å²) < 4.78 is 7.24. The molecular formula is C30H27Cl2N3O3.